The first-order valence-corrected chi connectivity index (χ1v) is 8.71. The maximum atomic E-state index is 12.7. The van der Waals surface area contributed by atoms with Crippen molar-refractivity contribution in [3.63, 3.8) is 0 Å². The predicted octanol–water partition coefficient (Wildman–Crippen LogP) is 3.03. The van der Waals surface area contributed by atoms with Crippen molar-refractivity contribution in [1.82, 2.24) is 5.32 Å². The summed E-state index contributed by atoms with van der Waals surface area (Å²) in [6, 6.07) is 6.64. The SMILES string of the molecule is CCNC1CCCCC1S(=O)(=O)c1cccc(Cl)c1. The topological polar surface area (TPSA) is 46.2 Å². The fraction of sp³-hybridized carbons (Fsp3) is 0.571. The lowest BCUT2D eigenvalue weighted by atomic mass is 9.95. The van der Waals surface area contributed by atoms with Gasteiger partial charge in [-0.05, 0) is 37.6 Å². The standard InChI is InChI=1S/C14H20ClNO2S/c1-2-16-13-8-3-4-9-14(13)19(17,18)12-7-5-6-11(15)10-12/h5-7,10,13-14,16H,2-4,8-9H2,1H3. The van der Waals surface area contributed by atoms with Gasteiger partial charge >= 0.3 is 0 Å². The summed E-state index contributed by atoms with van der Waals surface area (Å²) in [5, 5.41) is 3.45. The molecule has 5 heteroatoms. The zero-order valence-electron chi connectivity index (χ0n) is 11.1. The first-order valence-electron chi connectivity index (χ1n) is 6.78. The van der Waals surface area contributed by atoms with Crippen LogP contribution >= 0.6 is 11.6 Å². The maximum absolute atomic E-state index is 12.7. The summed E-state index contributed by atoms with van der Waals surface area (Å²) in [6.45, 7) is 2.81. The molecule has 0 bridgehead atoms. The Morgan fingerprint density at radius 1 is 1.32 bits per heavy atom. The first kappa shape index (κ1) is 14.8. The number of hydrogen-bond donors (Lipinski definition) is 1. The van der Waals surface area contributed by atoms with E-state index in [0.717, 1.165) is 32.2 Å². The first-order chi connectivity index (χ1) is 9.05. The van der Waals surface area contributed by atoms with Gasteiger partial charge in [-0.3, -0.25) is 0 Å². The Morgan fingerprint density at radius 3 is 2.74 bits per heavy atom. The normalized spacial score (nSPS) is 24.3. The van der Waals surface area contributed by atoms with Gasteiger partial charge in [-0.15, -0.1) is 0 Å². The van der Waals surface area contributed by atoms with Gasteiger partial charge in [-0.1, -0.05) is 37.4 Å². The minimum Gasteiger partial charge on any atom is -0.313 e. The quantitative estimate of drug-likeness (QED) is 0.930. The molecule has 1 aliphatic carbocycles. The van der Waals surface area contributed by atoms with E-state index in [-0.39, 0.29) is 11.3 Å². The van der Waals surface area contributed by atoms with E-state index in [1.54, 1.807) is 24.3 Å². The molecule has 1 aromatic carbocycles. The van der Waals surface area contributed by atoms with Gasteiger partial charge in [0.2, 0.25) is 0 Å². The van der Waals surface area contributed by atoms with Crippen LogP contribution in [0.25, 0.3) is 0 Å². The molecule has 0 aromatic heterocycles. The fourth-order valence-electron chi connectivity index (χ4n) is 2.78. The Balaban J connectivity index is 2.31. The van der Waals surface area contributed by atoms with Crippen LogP contribution in [0.2, 0.25) is 5.02 Å². The molecule has 106 valence electrons. The van der Waals surface area contributed by atoms with Gasteiger partial charge in [0.1, 0.15) is 0 Å². The van der Waals surface area contributed by atoms with E-state index in [0.29, 0.717) is 9.92 Å². The van der Waals surface area contributed by atoms with Crippen LogP contribution in [0, 0.1) is 0 Å². The summed E-state index contributed by atoms with van der Waals surface area (Å²) < 4.78 is 25.5. The minimum absolute atomic E-state index is 0.0581. The third-order valence-electron chi connectivity index (χ3n) is 3.69. The molecule has 1 fully saturated rings. The minimum atomic E-state index is -3.30. The lowest BCUT2D eigenvalue weighted by Crippen LogP contribution is -2.46. The molecule has 0 radical (unpaired) electrons. The van der Waals surface area contributed by atoms with Crippen molar-refractivity contribution in [1.29, 1.82) is 0 Å². The third kappa shape index (κ3) is 3.30. The molecule has 2 unspecified atom stereocenters. The van der Waals surface area contributed by atoms with Crippen LogP contribution in [0.4, 0.5) is 0 Å². The number of rotatable bonds is 4. The molecule has 1 N–H and O–H groups in total. The highest BCUT2D eigenvalue weighted by Gasteiger charge is 2.36. The number of halogens is 1. The lowest BCUT2D eigenvalue weighted by molar-refractivity contribution is 0.377. The third-order valence-corrected chi connectivity index (χ3v) is 6.20. The van der Waals surface area contributed by atoms with E-state index in [2.05, 4.69) is 5.32 Å². The molecule has 3 nitrogen and oxygen atoms in total. The summed E-state index contributed by atoms with van der Waals surface area (Å²) in [6.07, 6.45) is 3.73. The van der Waals surface area contributed by atoms with E-state index in [1.165, 1.54) is 0 Å². The second-order valence-electron chi connectivity index (χ2n) is 4.99. The fourth-order valence-corrected chi connectivity index (χ4v) is 5.09. The molecule has 2 rings (SSSR count). The molecule has 0 aliphatic heterocycles. The van der Waals surface area contributed by atoms with Gasteiger partial charge in [-0.2, -0.15) is 0 Å². The van der Waals surface area contributed by atoms with Crippen molar-refractivity contribution in [2.45, 2.75) is 48.8 Å². The molecule has 2 atom stereocenters. The second kappa shape index (κ2) is 6.25. The van der Waals surface area contributed by atoms with Gasteiger partial charge in [0.05, 0.1) is 10.1 Å². The maximum Gasteiger partial charge on any atom is 0.182 e. The largest absolute Gasteiger partial charge is 0.313 e. The van der Waals surface area contributed by atoms with Crippen LogP contribution in [0.1, 0.15) is 32.6 Å². The van der Waals surface area contributed by atoms with Crippen molar-refractivity contribution in [3.05, 3.63) is 29.3 Å². The number of nitrogens with one attached hydrogen (secondary N) is 1. The average Bonchev–Trinajstić information content (AvgIpc) is 2.39. The number of sulfone groups is 1. The van der Waals surface area contributed by atoms with Crippen molar-refractivity contribution < 1.29 is 8.42 Å². The Bertz CT molecular complexity index is 528. The molecule has 19 heavy (non-hydrogen) atoms. The van der Waals surface area contributed by atoms with Gasteiger partial charge in [0.15, 0.2) is 9.84 Å². The van der Waals surface area contributed by atoms with Crippen LogP contribution in [0.5, 0.6) is 0 Å². The summed E-state index contributed by atoms with van der Waals surface area (Å²) >= 11 is 5.91. The molecule has 0 saturated heterocycles. The van der Waals surface area contributed by atoms with E-state index in [1.807, 2.05) is 6.92 Å². The molecular weight excluding hydrogens is 282 g/mol. The van der Waals surface area contributed by atoms with E-state index >= 15 is 0 Å². The van der Waals surface area contributed by atoms with Crippen LogP contribution < -0.4 is 5.32 Å². The highest BCUT2D eigenvalue weighted by Crippen LogP contribution is 2.30. The molecule has 1 aromatic rings. The van der Waals surface area contributed by atoms with Crippen molar-refractivity contribution in [3.8, 4) is 0 Å². The Kier molecular flexibility index (Phi) is 4.87. The molecule has 1 saturated carbocycles. The molecule has 0 spiro atoms. The van der Waals surface area contributed by atoms with Gasteiger partial charge in [0, 0.05) is 11.1 Å². The van der Waals surface area contributed by atoms with Crippen molar-refractivity contribution in [2.24, 2.45) is 0 Å². The second-order valence-corrected chi connectivity index (χ2v) is 7.59. The van der Waals surface area contributed by atoms with Crippen molar-refractivity contribution >= 4 is 21.4 Å². The molecule has 0 amide bonds. The van der Waals surface area contributed by atoms with Gasteiger partial charge in [-0.25, -0.2) is 8.42 Å². The van der Waals surface area contributed by atoms with Crippen molar-refractivity contribution in [2.75, 3.05) is 6.54 Å². The average molecular weight is 302 g/mol. The molecular formula is C14H20ClNO2S. The Labute approximate surface area is 120 Å². The van der Waals surface area contributed by atoms with Gasteiger partial charge in [0.25, 0.3) is 0 Å². The molecule has 1 aliphatic rings. The summed E-state index contributed by atoms with van der Waals surface area (Å²) in [7, 11) is -3.30. The summed E-state index contributed by atoms with van der Waals surface area (Å²) in [5.41, 5.74) is 0. The monoisotopic (exact) mass is 301 g/mol. The summed E-state index contributed by atoms with van der Waals surface area (Å²) in [5.74, 6) is 0. The predicted molar refractivity (Wildman–Crippen MR) is 78.4 cm³/mol. The highest BCUT2D eigenvalue weighted by molar-refractivity contribution is 7.92. The number of benzene rings is 1. The Morgan fingerprint density at radius 2 is 2.05 bits per heavy atom. The summed E-state index contributed by atoms with van der Waals surface area (Å²) in [4.78, 5) is 0.342. The zero-order chi connectivity index (χ0) is 13.9. The Hall–Kier alpha value is -0.580. The molecule has 0 heterocycles. The van der Waals surface area contributed by atoms with Crippen LogP contribution in [0.3, 0.4) is 0 Å². The van der Waals surface area contributed by atoms with E-state index in [9.17, 15) is 8.42 Å². The number of hydrogen-bond acceptors (Lipinski definition) is 3. The van der Waals surface area contributed by atoms with Gasteiger partial charge < -0.3 is 5.32 Å². The smallest absolute Gasteiger partial charge is 0.182 e. The zero-order valence-corrected chi connectivity index (χ0v) is 12.7. The lowest BCUT2D eigenvalue weighted by Gasteiger charge is -2.31. The van der Waals surface area contributed by atoms with Crippen LogP contribution in [-0.2, 0) is 9.84 Å². The van der Waals surface area contributed by atoms with E-state index in [4.69, 9.17) is 11.6 Å². The van der Waals surface area contributed by atoms with Crippen LogP contribution in [-0.4, -0.2) is 26.3 Å². The highest BCUT2D eigenvalue weighted by atomic mass is 35.5. The van der Waals surface area contributed by atoms with E-state index < -0.39 is 9.84 Å². The van der Waals surface area contributed by atoms with Crippen LogP contribution in [0.15, 0.2) is 29.2 Å².